The lowest BCUT2D eigenvalue weighted by Gasteiger charge is -2.03. The van der Waals surface area contributed by atoms with Crippen molar-refractivity contribution in [1.29, 1.82) is 0 Å². The van der Waals surface area contributed by atoms with Crippen LogP contribution in [0.25, 0.3) is 0 Å². The van der Waals surface area contributed by atoms with Crippen LogP contribution < -0.4 is 0 Å². The molecular weight excluding hydrogens is 227 g/mol. The molecule has 0 bridgehead atoms. The summed E-state index contributed by atoms with van der Waals surface area (Å²) in [7, 11) is 0. The van der Waals surface area contributed by atoms with E-state index in [0.717, 1.165) is 12.0 Å². The summed E-state index contributed by atoms with van der Waals surface area (Å²) in [6.07, 6.45) is 1.35. The van der Waals surface area contributed by atoms with E-state index in [9.17, 15) is 9.18 Å². The van der Waals surface area contributed by atoms with E-state index in [-0.39, 0.29) is 11.6 Å². The summed E-state index contributed by atoms with van der Waals surface area (Å²) in [5, 5.41) is 0. The molecule has 92 valence electrons. The van der Waals surface area contributed by atoms with Crippen molar-refractivity contribution >= 4 is 5.78 Å². The molecule has 0 aromatic heterocycles. The van der Waals surface area contributed by atoms with Crippen molar-refractivity contribution in [2.45, 2.75) is 19.8 Å². The Morgan fingerprint density at radius 3 is 2.06 bits per heavy atom. The average Bonchev–Trinajstić information content (AvgIpc) is 2.40. The van der Waals surface area contributed by atoms with Gasteiger partial charge in [-0.15, -0.1) is 0 Å². The molecule has 2 aromatic rings. The van der Waals surface area contributed by atoms with Crippen molar-refractivity contribution in [1.82, 2.24) is 0 Å². The normalized spacial score (nSPS) is 10.3. The Bertz CT molecular complexity index is 526. The molecule has 0 saturated carbocycles. The van der Waals surface area contributed by atoms with Gasteiger partial charge in [0.05, 0.1) is 0 Å². The summed E-state index contributed by atoms with van der Waals surface area (Å²) in [5.41, 5.74) is 2.80. The summed E-state index contributed by atoms with van der Waals surface area (Å²) in [6, 6.07) is 13.7. The Kier molecular flexibility index (Phi) is 3.88. The number of halogens is 1. The molecule has 0 amide bonds. The number of carbonyl (C=O) groups excluding carboxylic acids is 1. The number of Topliss-reactive ketones (excluding diaryl/α,β-unsaturated/α-hetero) is 1. The molecule has 0 heterocycles. The maximum absolute atomic E-state index is 12.7. The zero-order valence-electron chi connectivity index (χ0n) is 10.3. The van der Waals surface area contributed by atoms with Gasteiger partial charge in [-0.25, -0.2) is 4.39 Å². The molecule has 1 nitrogen and oxygen atoms in total. The van der Waals surface area contributed by atoms with Crippen LogP contribution in [-0.4, -0.2) is 5.78 Å². The minimum atomic E-state index is -0.321. The van der Waals surface area contributed by atoms with Gasteiger partial charge in [0.2, 0.25) is 0 Å². The molecule has 0 atom stereocenters. The van der Waals surface area contributed by atoms with Crippen LogP contribution in [0.1, 0.15) is 28.4 Å². The van der Waals surface area contributed by atoms with Gasteiger partial charge in [0.25, 0.3) is 0 Å². The topological polar surface area (TPSA) is 17.1 Å². The van der Waals surface area contributed by atoms with Crippen LogP contribution in [0.5, 0.6) is 0 Å². The van der Waals surface area contributed by atoms with Gasteiger partial charge in [0.1, 0.15) is 5.82 Å². The lowest BCUT2D eigenvalue weighted by Crippen LogP contribution is -2.03. The summed E-state index contributed by atoms with van der Waals surface area (Å²) in [6.45, 7) is 2.10. The average molecular weight is 242 g/mol. The van der Waals surface area contributed by atoms with E-state index in [1.807, 2.05) is 24.3 Å². The number of benzene rings is 2. The standard InChI is InChI=1S/C16H15FO/c1-2-12-3-5-13(6-4-12)11-16(18)14-7-9-15(17)10-8-14/h3-10H,2,11H2,1H3. The molecule has 0 aliphatic carbocycles. The first-order valence-electron chi connectivity index (χ1n) is 6.05. The quantitative estimate of drug-likeness (QED) is 0.745. The number of rotatable bonds is 4. The van der Waals surface area contributed by atoms with Gasteiger partial charge in [0, 0.05) is 12.0 Å². The van der Waals surface area contributed by atoms with Crippen LogP contribution in [0.4, 0.5) is 4.39 Å². The SMILES string of the molecule is CCc1ccc(CC(=O)c2ccc(F)cc2)cc1. The van der Waals surface area contributed by atoms with E-state index >= 15 is 0 Å². The maximum Gasteiger partial charge on any atom is 0.167 e. The first-order valence-corrected chi connectivity index (χ1v) is 6.05. The molecule has 2 aromatic carbocycles. The molecule has 0 N–H and O–H groups in total. The van der Waals surface area contributed by atoms with E-state index in [1.54, 1.807) is 0 Å². The Morgan fingerprint density at radius 1 is 0.944 bits per heavy atom. The number of aryl methyl sites for hydroxylation is 1. The fourth-order valence-corrected chi connectivity index (χ4v) is 1.82. The lowest BCUT2D eigenvalue weighted by atomic mass is 10.0. The van der Waals surface area contributed by atoms with Crippen LogP contribution in [0.15, 0.2) is 48.5 Å². The summed E-state index contributed by atoms with van der Waals surface area (Å²) >= 11 is 0. The summed E-state index contributed by atoms with van der Waals surface area (Å²) in [4.78, 5) is 12.0. The number of carbonyl (C=O) groups is 1. The highest BCUT2D eigenvalue weighted by atomic mass is 19.1. The predicted octanol–water partition coefficient (Wildman–Crippen LogP) is 3.81. The lowest BCUT2D eigenvalue weighted by molar-refractivity contribution is 0.0993. The Balaban J connectivity index is 2.08. The smallest absolute Gasteiger partial charge is 0.167 e. The van der Waals surface area contributed by atoms with Crippen LogP contribution >= 0.6 is 0 Å². The van der Waals surface area contributed by atoms with Crippen molar-refractivity contribution in [3.8, 4) is 0 Å². The van der Waals surface area contributed by atoms with E-state index < -0.39 is 0 Å². The minimum Gasteiger partial charge on any atom is -0.294 e. The fourth-order valence-electron chi connectivity index (χ4n) is 1.82. The fraction of sp³-hybridized carbons (Fsp3) is 0.188. The van der Waals surface area contributed by atoms with E-state index in [1.165, 1.54) is 29.8 Å². The van der Waals surface area contributed by atoms with Crippen molar-refractivity contribution in [3.63, 3.8) is 0 Å². The molecule has 0 spiro atoms. The van der Waals surface area contributed by atoms with Gasteiger partial charge in [-0.2, -0.15) is 0 Å². The van der Waals surface area contributed by atoms with Gasteiger partial charge >= 0.3 is 0 Å². The maximum atomic E-state index is 12.7. The zero-order chi connectivity index (χ0) is 13.0. The van der Waals surface area contributed by atoms with Crippen molar-refractivity contribution in [2.24, 2.45) is 0 Å². The first-order chi connectivity index (χ1) is 8.69. The molecule has 0 saturated heterocycles. The second-order valence-corrected chi connectivity index (χ2v) is 4.28. The molecule has 0 aliphatic rings. The van der Waals surface area contributed by atoms with Crippen molar-refractivity contribution in [3.05, 3.63) is 71.0 Å². The molecule has 0 fully saturated rings. The van der Waals surface area contributed by atoms with Crippen LogP contribution in [0, 0.1) is 5.82 Å². The second-order valence-electron chi connectivity index (χ2n) is 4.28. The van der Waals surface area contributed by atoms with Crippen molar-refractivity contribution in [2.75, 3.05) is 0 Å². The van der Waals surface area contributed by atoms with Gasteiger partial charge < -0.3 is 0 Å². The molecule has 0 aliphatic heterocycles. The Hall–Kier alpha value is -1.96. The second kappa shape index (κ2) is 5.58. The zero-order valence-corrected chi connectivity index (χ0v) is 10.3. The third-order valence-electron chi connectivity index (χ3n) is 2.96. The summed E-state index contributed by atoms with van der Waals surface area (Å²) < 4.78 is 12.7. The van der Waals surface area contributed by atoms with Crippen LogP contribution in [0.3, 0.4) is 0 Å². The van der Waals surface area contributed by atoms with Gasteiger partial charge in [-0.05, 0) is 41.8 Å². The molecule has 2 heteroatoms. The number of hydrogen-bond donors (Lipinski definition) is 0. The van der Waals surface area contributed by atoms with Gasteiger partial charge in [-0.1, -0.05) is 31.2 Å². The van der Waals surface area contributed by atoms with E-state index in [4.69, 9.17) is 0 Å². The minimum absolute atomic E-state index is 0.0132. The van der Waals surface area contributed by atoms with Gasteiger partial charge in [-0.3, -0.25) is 4.79 Å². The largest absolute Gasteiger partial charge is 0.294 e. The van der Waals surface area contributed by atoms with E-state index in [2.05, 4.69) is 6.92 Å². The molecular formula is C16H15FO. The molecule has 0 unspecified atom stereocenters. The number of ketones is 1. The highest BCUT2D eigenvalue weighted by Crippen LogP contribution is 2.10. The van der Waals surface area contributed by atoms with Crippen LogP contribution in [0.2, 0.25) is 0 Å². The van der Waals surface area contributed by atoms with E-state index in [0.29, 0.717) is 12.0 Å². The highest BCUT2D eigenvalue weighted by molar-refractivity contribution is 5.97. The molecule has 0 radical (unpaired) electrons. The first kappa shape index (κ1) is 12.5. The highest BCUT2D eigenvalue weighted by Gasteiger charge is 2.07. The Morgan fingerprint density at radius 2 is 1.50 bits per heavy atom. The molecule has 2 rings (SSSR count). The molecule has 18 heavy (non-hydrogen) atoms. The van der Waals surface area contributed by atoms with Crippen LogP contribution in [-0.2, 0) is 12.8 Å². The predicted molar refractivity (Wildman–Crippen MR) is 70.3 cm³/mol. The third kappa shape index (κ3) is 3.04. The van der Waals surface area contributed by atoms with Gasteiger partial charge in [0.15, 0.2) is 5.78 Å². The Labute approximate surface area is 106 Å². The third-order valence-corrected chi connectivity index (χ3v) is 2.96. The monoisotopic (exact) mass is 242 g/mol. The van der Waals surface area contributed by atoms with Crippen molar-refractivity contribution < 1.29 is 9.18 Å². The number of hydrogen-bond acceptors (Lipinski definition) is 1. The summed E-state index contributed by atoms with van der Waals surface area (Å²) in [5.74, 6) is -0.307.